The number of nitrogens with two attached hydrogens (primary N) is 1. The summed E-state index contributed by atoms with van der Waals surface area (Å²) >= 11 is 0. The number of hydrogen-bond donors (Lipinski definition) is 2. The van der Waals surface area contributed by atoms with Crippen LogP contribution in [-0.2, 0) is 0 Å². The molecule has 0 aliphatic rings. The van der Waals surface area contributed by atoms with Gasteiger partial charge in [-0.1, -0.05) is 30.3 Å². The van der Waals surface area contributed by atoms with Gasteiger partial charge in [-0.2, -0.15) is 0 Å². The molecule has 5 heteroatoms. The number of hydrogen-bond acceptors (Lipinski definition) is 4. The Morgan fingerprint density at radius 1 is 0.895 bits per heavy atom. The molecule has 19 heavy (non-hydrogen) atoms. The standard InChI is InChI=1S/C14H13N4P/c15-13-14(18-11-7-3-4-8-12(11)19)17-10-6-2-1-5-9(10)16-13/h1-8H,19H2,(H2,15,16)(H,17,18). The Morgan fingerprint density at radius 3 is 2.26 bits per heavy atom. The summed E-state index contributed by atoms with van der Waals surface area (Å²) in [6.07, 6.45) is 0. The summed E-state index contributed by atoms with van der Waals surface area (Å²) in [5.41, 5.74) is 8.51. The number of nitrogens with one attached hydrogen (secondary N) is 1. The molecule has 3 aromatic rings. The van der Waals surface area contributed by atoms with Gasteiger partial charge in [0.25, 0.3) is 0 Å². The van der Waals surface area contributed by atoms with Gasteiger partial charge in [-0.3, -0.25) is 0 Å². The molecule has 0 radical (unpaired) electrons. The summed E-state index contributed by atoms with van der Waals surface area (Å²) in [7, 11) is 2.68. The third kappa shape index (κ3) is 2.35. The van der Waals surface area contributed by atoms with Gasteiger partial charge in [-0.05, 0) is 23.5 Å². The first kappa shape index (κ1) is 11.9. The highest BCUT2D eigenvalue weighted by Gasteiger charge is 2.06. The smallest absolute Gasteiger partial charge is 0.174 e. The highest BCUT2D eigenvalue weighted by Crippen LogP contribution is 2.22. The number of nitrogens with zero attached hydrogens (tertiary/aromatic N) is 2. The van der Waals surface area contributed by atoms with Crippen LogP contribution in [0.3, 0.4) is 0 Å². The number of nitrogen functional groups attached to an aromatic ring is 1. The first-order chi connectivity index (χ1) is 9.24. The Labute approximate surface area is 113 Å². The summed E-state index contributed by atoms with van der Waals surface area (Å²) in [5.74, 6) is 0.973. The second-order valence-corrected chi connectivity index (χ2v) is 4.78. The molecule has 3 N–H and O–H groups in total. The zero-order valence-corrected chi connectivity index (χ0v) is 11.3. The monoisotopic (exact) mass is 268 g/mol. The molecule has 0 fully saturated rings. The fraction of sp³-hybridized carbons (Fsp3) is 0. The van der Waals surface area contributed by atoms with Gasteiger partial charge < -0.3 is 11.1 Å². The third-order valence-electron chi connectivity index (χ3n) is 2.81. The molecule has 0 saturated carbocycles. The third-order valence-corrected chi connectivity index (χ3v) is 3.31. The van der Waals surface area contributed by atoms with Crippen LogP contribution in [0, 0.1) is 0 Å². The van der Waals surface area contributed by atoms with Crippen molar-refractivity contribution in [1.29, 1.82) is 0 Å². The van der Waals surface area contributed by atoms with E-state index in [9.17, 15) is 0 Å². The van der Waals surface area contributed by atoms with E-state index in [1.165, 1.54) is 0 Å². The van der Waals surface area contributed by atoms with Gasteiger partial charge in [-0.25, -0.2) is 9.97 Å². The van der Waals surface area contributed by atoms with E-state index in [1.807, 2.05) is 48.5 Å². The lowest BCUT2D eigenvalue weighted by atomic mass is 10.3. The van der Waals surface area contributed by atoms with Gasteiger partial charge >= 0.3 is 0 Å². The van der Waals surface area contributed by atoms with Crippen LogP contribution >= 0.6 is 9.24 Å². The van der Waals surface area contributed by atoms with Crippen LogP contribution in [0.15, 0.2) is 48.5 Å². The van der Waals surface area contributed by atoms with Gasteiger partial charge in [0.1, 0.15) is 0 Å². The molecular weight excluding hydrogens is 255 g/mol. The van der Waals surface area contributed by atoms with Crippen LogP contribution in [0.5, 0.6) is 0 Å². The maximum absolute atomic E-state index is 5.94. The van der Waals surface area contributed by atoms with Crippen molar-refractivity contribution in [2.75, 3.05) is 11.1 Å². The molecule has 2 aromatic carbocycles. The van der Waals surface area contributed by atoms with Crippen LogP contribution in [-0.4, -0.2) is 9.97 Å². The van der Waals surface area contributed by atoms with Crippen LogP contribution in [0.1, 0.15) is 0 Å². The van der Waals surface area contributed by atoms with Crippen molar-refractivity contribution < 1.29 is 0 Å². The molecule has 1 aromatic heterocycles. The highest BCUT2D eigenvalue weighted by molar-refractivity contribution is 7.28. The molecule has 0 saturated heterocycles. The lowest BCUT2D eigenvalue weighted by Crippen LogP contribution is -2.06. The maximum Gasteiger partial charge on any atom is 0.174 e. The Morgan fingerprint density at radius 2 is 1.53 bits per heavy atom. The van der Waals surface area contributed by atoms with Crippen molar-refractivity contribution in [2.24, 2.45) is 0 Å². The minimum Gasteiger partial charge on any atom is -0.381 e. The fourth-order valence-corrected chi connectivity index (χ4v) is 2.12. The summed E-state index contributed by atoms with van der Waals surface area (Å²) in [6, 6.07) is 15.6. The molecule has 0 bridgehead atoms. The van der Waals surface area contributed by atoms with Crippen LogP contribution < -0.4 is 16.4 Å². The van der Waals surface area contributed by atoms with Crippen molar-refractivity contribution in [3.63, 3.8) is 0 Å². The van der Waals surface area contributed by atoms with Gasteiger partial charge in [-0.15, -0.1) is 9.24 Å². The van der Waals surface area contributed by atoms with Crippen molar-refractivity contribution in [3.05, 3.63) is 48.5 Å². The van der Waals surface area contributed by atoms with E-state index < -0.39 is 0 Å². The number of anilines is 3. The number of para-hydroxylation sites is 3. The van der Waals surface area contributed by atoms with Crippen molar-refractivity contribution in [2.45, 2.75) is 0 Å². The second kappa shape index (κ2) is 4.82. The Bertz CT molecular complexity index is 742. The van der Waals surface area contributed by atoms with Crippen molar-refractivity contribution in [3.8, 4) is 0 Å². The van der Waals surface area contributed by atoms with E-state index in [0.717, 1.165) is 22.0 Å². The molecule has 1 atom stereocenters. The largest absolute Gasteiger partial charge is 0.381 e. The molecule has 1 unspecified atom stereocenters. The summed E-state index contributed by atoms with van der Waals surface area (Å²) in [6.45, 7) is 0. The molecular formula is C14H13N4P. The van der Waals surface area contributed by atoms with Gasteiger partial charge in [0.15, 0.2) is 11.6 Å². The van der Waals surface area contributed by atoms with E-state index in [0.29, 0.717) is 11.6 Å². The van der Waals surface area contributed by atoms with Gasteiger partial charge in [0, 0.05) is 5.69 Å². The molecule has 0 aliphatic carbocycles. The molecule has 1 heterocycles. The quantitative estimate of drug-likeness (QED) is 0.701. The zero-order valence-electron chi connectivity index (χ0n) is 10.2. The van der Waals surface area contributed by atoms with Gasteiger partial charge in [0.05, 0.1) is 11.0 Å². The number of fused-ring (bicyclic) bond motifs is 1. The average molecular weight is 268 g/mol. The van der Waals surface area contributed by atoms with Crippen LogP contribution in [0.4, 0.5) is 17.3 Å². The summed E-state index contributed by atoms with van der Waals surface area (Å²) < 4.78 is 0. The lowest BCUT2D eigenvalue weighted by molar-refractivity contribution is 1.29. The number of aromatic nitrogens is 2. The Balaban J connectivity index is 2.06. The molecule has 0 aliphatic heterocycles. The summed E-state index contributed by atoms with van der Waals surface area (Å²) in [4.78, 5) is 8.85. The van der Waals surface area contributed by atoms with E-state index >= 15 is 0 Å². The summed E-state index contributed by atoms with van der Waals surface area (Å²) in [5, 5.41) is 4.27. The van der Waals surface area contributed by atoms with E-state index in [1.54, 1.807) is 0 Å². The molecule has 94 valence electrons. The number of rotatable bonds is 2. The molecule has 0 amide bonds. The predicted molar refractivity (Wildman–Crippen MR) is 83.0 cm³/mol. The predicted octanol–water partition coefficient (Wildman–Crippen LogP) is 2.46. The van der Waals surface area contributed by atoms with Crippen molar-refractivity contribution >= 4 is 42.9 Å². The topological polar surface area (TPSA) is 63.8 Å². The van der Waals surface area contributed by atoms with Gasteiger partial charge in [0.2, 0.25) is 0 Å². The Kier molecular flexibility index (Phi) is 3.02. The maximum atomic E-state index is 5.94. The second-order valence-electron chi connectivity index (χ2n) is 4.16. The first-order valence-corrected chi connectivity index (χ1v) is 6.45. The minimum atomic E-state index is 0.395. The lowest BCUT2D eigenvalue weighted by Gasteiger charge is -2.10. The molecule has 0 spiro atoms. The zero-order chi connectivity index (χ0) is 13.2. The highest BCUT2D eigenvalue weighted by atomic mass is 31.0. The molecule has 3 rings (SSSR count). The Hall–Kier alpha value is -2.19. The van der Waals surface area contributed by atoms with E-state index in [4.69, 9.17) is 5.73 Å². The van der Waals surface area contributed by atoms with Crippen molar-refractivity contribution in [1.82, 2.24) is 9.97 Å². The van der Waals surface area contributed by atoms with E-state index in [2.05, 4.69) is 24.5 Å². The molecule has 4 nitrogen and oxygen atoms in total. The van der Waals surface area contributed by atoms with Crippen LogP contribution in [0.2, 0.25) is 0 Å². The van der Waals surface area contributed by atoms with Crippen LogP contribution in [0.25, 0.3) is 11.0 Å². The minimum absolute atomic E-state index is 0.395. The van der Waals surface area contributed by atoms with E-state index in [-0.39, 0.29) is 0 Å². The fourth-order valence-electron chi connectivity index (χ4n) is 1.84. The number of benzene rings is 2. The SMILES string of the molecule is Nc1nc2ccccc2nc1Nc1ccccc1P. The average Bonchev–Trinajstić information content (AvgIpc) is 2.42. The normalized spacial score (nSPS) is 10.6. The first-order valence-electron chi connectivity index (χ1n) is 5.88.